The number of hydrogen-bond donors (Lipinski definition) is 1. The molecule has 4 aromatic rings. The highest BCUT2D eigenvalue weighted by Gasteiger charge is 2.39. The Morgan fingerprint density at radius 1 is 1.06 bits per heavy atom. The third kappa shape index (κ3) is 3.35. The van der Waals surface area contributed by atoms with Crippen LogP contribution in [0, 0.1) is 0 Å². The van der Waals surface area contributed by atoms with Crippen molar-refractivity contribution in [1.29, 1.82) is 0 Å². The van der Waals surface area contributed by atoms with Gasteiger partial charge in [-0.15, -0.1) is 0 Å². The zero-order valence-corrected chi connectivity index (χ0v) is 17.9. The molecule has 164 valence electrons. The van der Waals surface area contributed by atoms with Crippen LogP contribution < -0.4 is 10.2 Å². The highest BCUT2D eigenvalue weighted by Crippen LogP contribution is 2.39. The molecule has 2 aliphatic rings. The van der Waals surface area contributed by atoms with Gasteiger partial charge in [0.2, 0.25) is 0 Å². The van der Waals surface area contributed by atoms with Gasteiger partial charge in [0.15, 0.2) is 5.43 Å². The quantitative estimate of drug-likeness (QED) is 0.503. The Balaban J connectivity index is 1.42. The van der Waals surface area contributed by atoms with Gasteiger partial charge in [0.1, 0.15) is 18.4 Å². The summed E-state index contributed by atoms with van der Waals surface area (Å²) in [5, 5.41) is 0.622. The Labute approximate surface area is 190 Å². The van der Waals surface area contributed by atoms with E-state index in [-0.39, 0.29) is 18.6 Å². The molecule has 0 saturated heterocycles. The van der Waals surface area contributed by atoms with E-state index in [1.54, 1.807) is 4.90 Å². The first-order chi connectivity index (χ1) is 16.2. The van der Waals surface area contributed by atoms with E-state index in [0.29, 0.717) is 17.6 Å². The molecule has 1 amide bonds. The van der Waals surface area contributed by atoms with Crippen LogP contribution in [0.15, 0.2) is 77.6 Å². The third-order valence-electron chi connectivity index (χ3n) is 6.42. The number of amides is 1. The Morgan fingerprint density at radius 2 is 1.88 bits per heavy atom. The molecule has 6 heteroatoms. The number of nitrogens with zero attached hydrogens (tertiary/aromatic N) is 1. The lowest BCUT2D eigenvalue weighted by Crippen LogP contribution is -2.31. The maximum absolute atomic E-state index is 13.3. The van der Waals surface area contributed by atoms with Gasteiger partial charge in [-0.3, -0.25) is 9.69 Å². The van der Waals surface area contributed by atoms with Crippen LogP contribution in [0.1, 0.15) is 34.0 Å². The van der Waals surface area contributed by atoms with Crippen LogP contribution in [0.4, 0.5) is 4.79 Å². The Bertz CT molecular complexity index is 1430. The minimum atomic E-state index is -0.450. The predicted molar refractivity (Wildman–Crippen MR) is 124 cm³/mol. The summed E-state index contributed by atoms with van der Waals surface area (Å²) in [6.07, 6.45) is 0.378. The van der Waals surface area contributed by atoms with Crippen LogP contribution >= 0.6 is 0 Å². The van der Waals surface area contributed by atoms with Gasteiger partial charge in [0, 0.05) is 22.9 Å². The van der Waals surface area contributed by atoms with Crippen LogP contribution in [0.2, 0.25) is 0 Å². The zero-order valence-electron chi connectivity index (χ0n) is 17.9. The molecule has 1 atom stereocenters. The number of aromatic nitrogens is 1. The van der Waals surface area contributed by atoms with Crippen molar-refractivity contribution in [3.8, 4) is 5.75 Å². The molecule has 3 aromatic carbocycles. The minimum Gasteiger partial charge on any atom is -0.493 e. The molecule has 0 radical (unpaired) electrons. The van der Waals surface area contributed by atoms with Crippen molar-refractivity contribution in [2.45, 2.75) is 25.6 Å². The van der Waals surface area contributed by atoms with Crippen molar-refractivity contribution in [2.75, 3.05) is 6.61 Å². The van der Waals surface area contributed by atoms with Gasteiger partial charge >= 0.3 is 6.09 Å². The van der Waals surface area contributed by atoms with E-state index in [0.717, 1.165) is 40.1 Å². The molecule has 0 aliphatic carbocycles. The summed E-state index contributed by atoms with van der Waals surface area (Å²) in [4.78, 5) is 31.7. The average Bonchev–Trinajstić information content (AvgIpc) is 3.48. The summed E-state index contributed by atoms with van der Waals surface area (Å²) in [6.45, 7) is 1.03. The largest absolute Gasteiger partial charge is 0.493 e. The van der Waals surface area contributed by atoms with Gasteiger partial charge in [-0.25, -0.2) is 4.79 Å². The van der Waals surface area contributed by atoms with Gasteiger partial charge in [-0.1, -0.05) is 48.5 Å². The van der Waals surface area contributed by atoms with Crippen molar-refractivity contribution in [2.24, 2.45) is 0 Å². The minimum absolute atomic E-state index is 0.0489. The molecule has 3 heterocycles. The lowest BCUT2D eigenvalue weighted by Gasteiger charge is -2.25. The van der Waals surface area contributed by atoms with Crippen LogP contribution in [0.5, 0.6) is 5.75 Å². The van der Waals surface area contributed by atoms with Gasteiger partial charge in [0.05, 0.1) is 18.8 Å². The van der Waals surface area contributed by atoms with E-state index in [4.69, 9.17) is 9.47 Å². The number of hydrogen-bond acceptors (Lipinski definition) is 4. The molecule has 33 heavy (non-hydrogen) atoms. The molecule has 1 aromatic heterocycles. The molecular formula is C27H22N2O4. The number of pyridine rings is 1. The number of aromatic amines is 1. The lowest BCUT2D eigenvalue weighted by atomic mass is 9.98. The summed E-state index contributed by atoms with van der Waals surface area (Å²) in [6, 6.07) is 22.6. The van der Waals surface area contributed by atoms with Crippen LogP contribution in [-0.2, 0) is 24.3 Å². The number of fused-ring (bicyclic) bond motifs is 3. The average molecular weight is 438 g/mol. The van der Waals surface area contributed by atoms with Gasteiger partial charge in [-0.2, -0.15) is 0 Å². The Kier molecular flexibility index (Phi) is 4.64. The number of ether oxygens (including phenoxy) is 2. The SMILES string of the molecule is O=C(OCc1ccccc1)N1Cc2c([nH]c3ccccc3c2=O)[C@H]1c1ccc2c(c1)CCO2. The van der Waals surface area contributed by atoms with Crippen molar-refractivity contribution in [3.63, 3.8) is 0 Å². The molecule has 6 rings (SSSR count). The maximum Gasteiger partial charge on any atom is 0.411 e. The highest BCUT2D eigenvalue weighted by molar-refractivity contribution is 5.81. The number of para-hydroxylation sites is 1. The van der Waals surface area contributed by atoms with E-state index in [9.17, 15) is 9.59 Å². The summed E-state index contributed by atoms with van der Waals surface area (Å²) in [7, 11) is 0. The number of carbonyl (C=O) groups excluding carboxylic acids is 1. The molecule has 6 nitrogen and oxygen atoms in total. The predicted octanol–water partition coefficient (Wildman–Crippen LogP) is 4.70. The molecule has 0 bridgehead atoms. The van der Waals surface area contributed by atoms with Crippen molar-refractivity contribution in [1.82, 2.24) is 9.88 Å². The molecule has 0 spiro atoms. The second-order valence-corrected chi connectivity index (χ2v) is 8.43. The summed E-state index contributed by atoms with van der Waals surface area (Å²) in [5.41, 5.74) is 5.02. The van der Waals surface area contributed by atoms with Crippen molar-refractivity contribution >= 4 is 17.0 Å². The summed E-state index contributed by atoms with van der Waals surface area (Å²) in [5.74, 6) is 0.877. The molecule has 0 saturated carbocycles. The van der Waals surface area contributed by atoms with E-state index in [1.807, 2.05) is 66.7 Å². The molecular weight excluding hydrogens is 416 g/mol. The highest BCUT2D eigenvalue weighted by atomic mass is 16.6. The lowest BCUT2D eigenvalue weighted by molar-refractivity contribution is 0.0883. The standard InChI is InChI=1S/C27H22N2O4/c30-26-20-8-4-5-9-22(20)28-24-21(26)15-29(27(31)33-16-17-6-2-1-3-7-17)25(24)19-10-11-23-18(14-19)12-13-32-23/h1-11,14,25H,12-13,15-16H2,(H,28,30)/t25-/m1/s1. The number of nitrogens with one attached hydrogen (secondary N) is 1. The van der Waals surface area contributed by atoms with Gasteiger partial charge in [0.25, 0.3) is 0 Å². The second-order valence-electron chi connectivity index (χ2n) is 8.43. The van der Waals surface area contributed by atoms with E-state index in [1.165, 1.54) is 0 Å². The molecule has 2 aliphatic heterocycles. The van der Waals surface area contributed by atoms with E-state index >= 15 is 0 Å². The van der Waals surface area contributed by atoms with Crippen LogP contribution in [-0.4, -0.2) is 22.6 Å². The van der Waals surface area contributed by atoms with Gasteiger partial charge in [-0.05, 0) is 41.0 Å². The maximum atomic E-state index is 13.3. The number of carbonyl (C=O) groups is 1. The number of H-pyrrole nitrogens is 1. The zero-order chi connectivity index (χ0) is 22.4. The van der Waals surface area contributed by atoms with E-state index in [2.05, 4.69) is 11.1 Å². The topological polar surface area (TPSA) is 71.6 Å². The summed E-state index contributed by atoms with van der Waals surface area (Å²) >= 11 is 0. The normalized spacial score (nSPS) is 16.4. The molecule has 1 N–H and O–H groups in total. The van der Waals surface area contributed by atoms with Gasteiger partial charge < -0.3 is 14.5 Å². The fraction of sp³-hybridized carbons (Fsp3) is 0.185. The molecule has 0 unspecified atom stereocenters. The number of rotatable bonds is 3. The van der Waals surface area contributed by atoms with E-state index < -0.39 is 12.1 Å². The molecule has 0 fully saturated rings. The van der Waals surface area contributed by atoms with Crippen molar-refractivity contribution < 1.29 is 14.3 Å². The number of benzene rings is 3. The van der Waals surface area contributed by atoms with Crippen LogP contribution in [0.25, 0.3) is 10.9 Å². The second kappa shape index (κ2) is 7.81. The fourth-order valence-corrected chi connectivity index (χ4v) is 4.80. The van der Waals surface area contributed by atoms with Crippen molar-refractivity contribution in [3.05, 3.63) is 111 Å². The first-order valence-corrected chi connectivity index (χ1v) is 11.1. The Morgan fingerprint density at radius 3 is 2.76 bits per heavy atom. The fourth-order valence-electron chi connectivity index (χ4n) is 4.80. The Hall–Kier alpha value is -4.06. The first kappa shape index (κ1) is 19.6. The monoisotopic (exact) mass is 438 g/mol. The van der Waals surface area contributed by atoms with Crippen LogP contribution in [0.3, 0.4) is 0 Å². The summed E-state index contributed by atoms with van der Waals surface area (Å²) < 4.78 is 11.3. The first-order valence-electron chi connectivity index (χ1n) is 11.1. The smallest absolute Gasteiger partial charge is 0.411 e. The third-order valence-corrected chi connectivity index (χ3v) is 6.42.